The van der Waals surface area contributed by atoms with E-state index in [1.165, 1.54) is 11.3 Å². The summed E-state index contributed by atoms with van der Waals surface area (Å²) in [5.74, 6) is -0.209. The number of carbonyl (C=O) groups is 1. The molecule has 3 aromatic rings. The number of aromatic nitrogens is 1. The van der Waals surface area contributed by atoms with Crippen molar-refractivity contribution in [2.24, 2.45) is 5.73 Å². The summed E-state index contributed by atoms with van der Waals surface area (Å²) in [6.07, 6.45) is 3.51. The average molecular weight is 309 g/mol. The van der Waals surface area contributed by atoms with Crippen LogP contribution in [0.1, 0.15) is 10.9 Å². The number of hydrogen-bond donors (Lipinski definition) is 2. The van der Waals surface area contributed by atoms with E-state index in [1.54, 1.807) is 12.4 Å². The lowest BCUT2D eigenvalue weighted by Crippen LogP contribution is -2.26. The molecule has 1 amide bonds. The number of thiophene rings is 1. The summed E-state index contributed by atoms with van der Waals surface area (Å²) in [5.41, 5.74) is 8.83. The molecule has 0 aliphatic heterocycles. The lowest BCUT2D eigenvalue weighted by molar-refractivity contribution is -0.117. The molecule has 3 N–H and O–H groups in total. The van der Waals surface area contributed by atoms with E-state index in [-0.39, 0.29) is 5.91 Å². The van der Waals surface area contributed by atoms with Gasteiger partial charge in [0.25, 0.3) is 0 Å². The maximum absolute atomic E-state index is 12.1. The third-order valence-corrected chi connectivity index (χ3v) is 4.25. The fraction of sp³-hybridized carbons (Fsp3) is 0.0588. The van der Waals surface area contributed by atoms with Crippen molar-refractivity contribution in [1.29, 1.82) is 0 Å². The van der Waals surface area contributed by atoms with E-state index in [0.29, 0.717) is 0 Å². The SMILES string of the molecule is NC(C(=O)Nc1ccc(-c2ccncc2)cc1)c1cccs1. The fourth-order valence-electron chi connectivity index (χ4n) is 2.11. The molecule has 0 aliphatic carbocycles. The van der Waals surface area contributed by atoms with Gasteiger partial charge in [-0.05, 0) is 46.8 Å². The third kappa shape index (κ3) is 3.21. The normalized spacial score (nSPS) is 11.9. The molecule has 0 saturated heterocycles. The summed E-state index contributed by atoms with van der Waals surface area (Å²) in [5, 5.41) is 4.75. The first-order valence-corrected chi connectivity index (χ1v) is 7.72. The highest BCUT2D eigenvalue weighted by atomic mass is 32.1. The lowest BCUT2D eigenvalue weighted by Gasteiger charge is -2.11. The molecule has 2 aromatic heterocycles. The first-order chi connectivity index (χ1) is 10.7. The molecule has 1 unspecified atom stereocenters. The zero-order valence-corrected chi connectivity index (χ0v) is 12.6. The maximum atomic E-state index is 12.1. The summed E-state index contributed by atoms with van der Waals surface area (Å²) in [6.45, 7) is 0. The average Bonchev–Trinajstić information content (AvgIpc) is 3.10. The first-order valence-electron chi connectivity index (χ1n) is 6.84. The van der Waals surface area contributed by atoms with Crippen molar-refractivity contribution in [3.8, 4) is 11.1 Å². The van der Waals surface area contributed by atoms with Crippen molar-refractivity contribution >= 4 is 22.9 Å². The molecule has 0 saturated carbocycles. The Kier molecular flexibility index (Phi) is 4.27. The van der Waals surface area contributed by atoms with Crippen molar-refractivity contribution < 1.29 is 4.79 Å². The number of nitrogens with one attached hydrogen (secondary N) is 1. The number of anilines is 1. The number of carbonyl (C=O) groups excluding carboxylic acids is 1. The van der Waals surface area contributed by atoms with Crippen LogP contribution in [0.4, 0.5) is 5.69 Å². The molecule has 5 heteroatoms. The van der Waals surface area contributed by atoms with Crippen molar-refractivity contribution in [2.45, 2.75) is 6.04 Å². The van der Waals surface area contributed by atoms with E-state index < -0.39 is 6.04 Å². The third-order valence-electron chi connectivity index (χ3n) is 3.30. The molecule has 2 heterocycles. The summed E-state index contributed by atoms with van der Waals surface area (Å²) in [7, 11) is 0. The summed E-state index contributed by atoms with van der Waals surface area (Å²) < 4.78 is 0. The van der Waals surface area contributed by atoms with Crippen LogP contribution in [-0.4, -0.2) is 10.9 Å². The van der Waals surface area contributed by atoms with Gasteiger partial charge in [0.2, 0.25) is 5.91 Å². The van der Waals surface area contributed by atoms with Gasteiger partial charge in [-0.2, -0.15) is 0 Å². The Morgan fingerprint density at radius 3 is 2.36 bits per heavy atom. The van der Waals surface area contributed by atoms with Gasteiger partial charge >= 0.3 is 0 Å². The maximum Gasteiger partial charge on any atom is 0.246 e. The number of nitrogens with two attached hydrogens (primary N) is 1. The van der Waals surface area contributed by atoms with Crippen LogP contribution < -0.4 is 11.1 Å². The molecule has 4 nitrogen and oxygen atoms in total. The molecule has 0 bridgehead atoms. The van der Waals surface area contributed by atoms with Crippen LogP contribution in [0, 0.1) is 0 Å². The van der Waals surface area contributed by atoms with Crippen LogP contribution in [0.5, 0.6) is 0 Å². The van der Waals surface area contributed by atoms with Crippen LogP contribution in [-0.2, 0) is 4.79 Å². The zero-order chi connectivity index (χ0) is 15.4. The number of benzene rings is 1. The molecule has 0 spiro atoms. The Morgan fingerprint density at radius 1 is 1.05 bits per heavy atom. The number of nitrogens with zero attached hydrogens (tertiary/aromatic N) is 1. The second-order valence-electron chi connectivity index (χ2n) is 4.80. The Hall–Kier alpha value is -2.50. The van der Waals surface area contributed by atoms with Crippen molar-refractivity contribution in [2.75, 3.05) is 5.32 Å². The quantitative estimate of drug-likeness (QED) is 0.775. The minimum absolute atomic E-state index is 0.209. The lowest BCUT2D eigenvalue weighted by atomic mass is 10.1. The van der Waals surface area contributed by atoms with Gasteiger partial charge in [-0.1, -0.05) is 18.2 Å². The number of pyridine rings is 1. The zero-order valence-electron chi connectivity index (χ0n) is 11.8. The van der Waals surface area contributed by atoms with Gasteiger partial charge in [0.1, 0.15) is 6.04 Å². The highest BCUT2D eigenvalue weighted by Crippen LogP contribution is 2.22. The molecule has 1 atom stereocenters. The minimum Gasteiger partial charge on any atom is -0.324 e. The van der Waals surface area contributed by atoms with Crippen LogP contribution in [0.3, 0.4) is 0 Å². The smallest absolute Gasteiger partial charge is 0.246 e. The predicted molar refractivity (Wildman–Crippen MR) is 89.6 cm³/mol. The Balaban J connectivity index is 1.70. The van der Waals surface area contributed by atoms with Crippen molar-refractivity contribution in [3.05, 3.63) is 71.2 Å². The highest BCUT2D eigenvalue weighted by molar-refractivity contribution is 7.10. The number of amides is 1. The van der Waals surface area contributed by atoms with E-state index >= 15 is 0 Å². The standard InChI is InChI=1S/C17H15N3OS/c18-16(15-2-1-11-22-15)17(21)20-14-5-3-12(4-6-14)13-7-9-19-10-8-13/h1-11,16H,18H2,(H,20,21). The van der Waals surface area contributed by atoms with Crippen LogP contribution in [0.25, 0.3) is 11.1 Å². The van der Waals surface area contributed by atoms with E-state index in [9.17, 15) is 4.79 Å². The molecule has 22 heavy (non-hydrogen) atoms. The molecule has 3 rings (SSSR count). The van der Waals surface area contributed by atoms with Crippen LogP contribution >= 0.6 is 11.3 Å². The Bertz CT molecular complexity index is 739. The van der Waals surface area contributed by atoms with Gasteiger partial charge in [0, 0.05) is 23.0 Å². The molecular formula is C17H15N3OS. The summed E-state index contributed by atoms with van der Waals surface area (Å²) in [6, 6.07) is 14.7. The van der Waals surface area contributed by atoms with E-state index in [0.717, 1.165) is 21.7 Å². The Morgan fingerprint density at radius 2 is 1.73 bits per heavy atom. The molecule has 0 aliphatic rings. The van der Waals surface area contributed by atoms with Gasteiger partial charge in [-0.3, -0.25) is 9.78 Å². The highest BCUT2D eigenvalue weighted by Gasteiger charge is 2.16. The number of hydrogen-bond acceptors (Lipinski definition) is 4. The van der Waals surface area contributed by atoms with E-state index in [1.807, 2.05) is 53.9 Å². The van der Waals surface area contributed by atoms with Crippen LogP contribution in [0.15, 0.2) is 66.3 Å². The predicted octanol–water partition coefficient (Wildman–Crippen LogP) is 3.45. The summed E-state index contributed by atoms with van der Waals surface area (Å²) >= 11 is 1.48. The van der Waals surface area contributed by atoms with Crippen molar-refractivity contribution in [1.82, 2.24) is 4.98 Å². The van der Waals surface area contributed by atoms with Gasteiger partial charge in [0.15, 0.2) is 0 Å². The van der Waals surface area contributed by atoms with Gasteiger partial charge < -0.3 is 11.1 Å². The van der Waals surface area contributed by atoms with Gasteiger partial charge in [0.05, 0.1) is 0 Å². The molecule has 0 fully saturated rings. The first kappa shape index (κ1) is 14.4. The van der Waals surface area contributed by atoms with Gasteiger partial charge in [-0.15, -0.1) is 11.3 Å². The molecule has 1 aromatic carbocycles. The second kappa shape index (κ2) is 6.51. The largest absolute Gasteiger partial charge is 0.324 e. The van der Waals surface area contributed by atoms with E-state index in [4.69, 9.17) is 5.73 Å². The minimum atomic E-state index is -0.639. The fourth-order valence-corrected chi connectivity index (χ4v) is 2.83. The summed E-state index contributed by atoms with van der Waals surface area (Å²) in [4.78, 5) is 17.0. The van der Waals surface area contributed by atoms with Crippen LogP contribution in [0.2, 0.25) is 0 Å². The molecular weight excluding hydrogens is 294 g/mol. The monoisotopic (exact) mass is 309 g/mol. The molecule has 110 valence electrons. The van der Waals surface area contributed by atoms with E-state index in [2.05, 4.69) is 10.3 Å². The second-order valence-corrected chi connectivity index (χ2v) is 5.77. The molecule has 0 radical (unpaired) electrons. The van der Waals surface area contributed by atoms with Gasteiger partial charge in [-0.25, -0.2) is 0 Å². The van der Waals surface area contributed by atoms with Crippen molar-refractivity contribution in [3.63, 3.8) is 0 Å². The number of rotatable bonds is 4. The Labute approximate surface area is 132 Å². The topological polar surface area (TPSA) is 68.0 Å².